The molecule has 2 aromatic rings. The van der Waals surface area contributed by atoms with Crippen molar-refractivity contribution in [3.63, 3.8) is 0 Å². The molecule has 0 aliphatic rings. The first kappa shape index (κ1) is 10.6. The van der Waals surface area contributed by atoms with Crippen LogP contribution in [0.5, 0.6) is 5.75 Å². The fourth-order valence-electron chi connectivity index (χ4n) is 1.09. The minimum atomic E-state index is -0.634. The summed E-state index contributed by atoms with van der Waals surface area (Å²) in [7, 11) is 0. The van der Waals surface area contributed by atoms with Gasteiger partial charge in [-0.2, -0.15) is 4.37 Å². The third-order valence-electron chi connectivity index (χ3n) is 1.79. The first-order valence-corrected chi connectivity index (χ1v) is 5.12. The molecule has 0 atom stereocenters. The molecule has 0 aliphatic heterocycles. The largest absolute Gasteiger partial charge is 0.422 e. The van der Waals surface area contributed by atoms with Gasteiger partial charge in [-0.25, -0.2) is 9.18 Å². The van der Waals surface area contributed by atoms with Crippen LogP contribution < -0.4 is 10.5 Å². The molecule has 0 saturated heterocycles. The van der Waals surface area contributed by atoms with E-state index < -0.39 is 11.8 Å². The van der Waals surface area contributed by atoms with Gasteiger partial charge in [0, 0.05) is 6.07 Å². The number of nitrogen functional groups attached to an aromatic ring is 1. The Balaban J connectivity index is 2.17. The summed E-state index contributed by atoms with van der Waals surface area (Å²) >= 11 is 0.938. The number of benzene rings is 1. The predicted molar refractivity (Wildman–Crippen MR) is 57.9 cm³/mol. The number of esters is 1. The summed E-state index contributed by atoms with van der Waals surface area (Å²) in [6.07, 6.45) is 1.37. The van der Waals surface area contributed by atoms with Crippen LogP contribution in [0.3, 0.4) is 0 Å². The highest BCUT2D eigenvalue weighted by Crippen LogP contribution is 2.19. The molecule has 0 bridgehead atoms. The summed E-state index contributed by atoms with van der Waals surface area (Å²) in [5, 5.41) is 0. The van der Waals surface area contributed by atoms with Gasteiger partial charge in [0.1, 0.15) is 11.6 Å². The number of hydrogen-bond donors (Lipinski definition) is 1. The van der Waals surface area contributed by atoms with Crippen molar-refractivity contribution in [2.45, 2.75) is 0 Å². The van der Waals surface area contributed by atoms with Crippen molar-refractivity contribution in [3.8, 4) is 5.75 Å². The van der Waals surface area contributed by atoms with E-state index in [1.54, 1.807) is 0 Å². The zero-order chi connectivity index (χ0) is 11.5. The van der Waals surface area contributed by atoms with Gasteiger partial charge in [-0.15, -0.1) is 0 Å². The van der Waals surface area contributed by atoms with Crippen molar-refractivity contribution in [3.05, 3.63) is 41.2 Å². The van der Waals surface area contributed by atoms with Crippen LogP contribution in [0.25, 0.3) is 0 Å². The monoisotopic (exact) mass is 238 g/mol. The third-order valence-corrected chi connectivity index (χ3v) is 2.59. The van der Waals surface area contributed by atoms with Gasteiger partial charge in [-0.05, 0) is 23.7 Å². The third kappa shape index (κ3) is 2.17. The van der Waals surface area contributed by atoms with E-state index >= 15 is 0 Å². The molecular formula is C10H7FN2O2S. The lowest BCUT2D eigenvalue weighted by Gasteiger charge is -2.02. The summed E-state index contributed by atoms with van der Waals surface area (Å²) in [6.45, 7) is 0. The molecule has 82 valence electrons. The molecule has 16 heavy (non-hydrogen) atoms. The fraction of sp³-hybridized carbons (Fsp3) is 0. The highest BCUT2D eigenvalue weighted by molar-refractivity contribution is 7.08. The molecule has 1 heterocycles. The van der Waals surface area contributed by atoms with Gasteiger partial charge in [0.2, 0.25) is 0 Å². The minimum Gasteiger partial charge on any atom is -0.422 e. The number of nitrogens with zero attached hydrogens (tertiary/aromatic N) is 1. The van der Waals surface area contributed by atoms with Gasteiger partial charge < -0.3 is 10.5 Å². The Morgan fingerprint density at radius 3 is 2.94 bits per heavy atom. The molecule has 0 amide bonds. The molecule has 6 heteroatoms. The number of nitrogens with two attached hydrogens (primary N) is 1. The van der Waals surface area contributed by atoms with Crippen LogP contribution in [0.1, 0.15) is 9.67 Å². The highest BCUT2D eigenvalue weighted by Gasteiger charge is 2.14. The molecular weight excluding hydrogens is 231 g/mol. The minimum absolute atomic E-state index is 0.137. The van der Waals surface area contributed by atoms with Crippen molar-refractivity contribution in [2.75, 3.05) is 5.73 Å². The topological polar surface area (TPSA) is 65.2 Å². The van der Waals surface area contributed by atoms with Crippen LogP contribution in [0.4, 0.5) is 10.1 Å². The van der Waals surface area contributed by atoms with E-state index in [2.05, 4.69) is 4.37 Å². The summed E-state index contributed by atoms with van der Waals surface area (Å²) < 4.78 is 21.5. The summed E-state index contributed by atoms with van der Waals surface area (Å²) in [5.74, 6) is -0.967. The molecule has 2 rings (SSSR count). The Kier molecular flexibility index (Phi) is 2.82. The van der Waals surface area contributed by atoms with E-state index in [1.165, 1.54) is 24.4 Å². The van der Waals surface area contributed by atoms with Gasteiger partial charge in [-0.1, -0.05) is 6.07 Å². The average Bonchev–Trinajstić information content (AvgIpc) is 2.64. The summed E-state index contributed by atoms with van der Waals surface area (Å²) in [5.41, 5.74) is 5.75. The lowest BCUT2D eigenvalue weighted by molar-refractivity contribution is 0.0740. The Bertz CT molecular complexity index is 527. The van der Waals surface area contributed by atoms with E-state index in [0.29, 0.717) is 0 Å². The molecule has 0 spiro atoms. The number of ether oxygens (including phenoxy) is 1. The number of carbonyl (C=O) groups excluding carboxylic acids is 1. The molecule has 4 nitrogen and oxygen atoms in total. The molecule has 1 aromatic carbocycles. The zero-order valence-corrected chi connectivity index (χ0v) is 8.83. The van der Waals surface area contributed by atoms with Crippen LogP contribution in [-0.4, -0.2) is 10.3 Å². The molecule has 0 unspecified atom stereocenters. The van der Waals surface area contributed by atoms with Crippen molar-refractivity contribution in [1.82, 2.24) is 4.37 Å². The van der Waals surface area contributed by atoms with Gasteiger partial charge in [-0.3, -0.25) is 0 Å². The summed E-state index contributed by atoms with van der Waals surface area (Å²) in [4.78, 5) is 11.8. The second kappa shape index (κ2) is 4.28. The predicted octanol–water partition coefficient (Wildman–Crippen LogP) is 2.08. The number of hydrogen-bond acceptors (Lipinski definition) is 5. The van der Waals surface area contributed by atoms with Crippen LogP contribution in [0, 0.1) is 5.82 Å². The number of rotatable bonds is 2. The average molecular weight is 238 g/mol. The van der Waals surface area contributed by atoms with Gasteiger partial charge in [0.05, 0.1) is 11.9 Å². The Hall–Kier alpha value is -1.95. The van der Waals surface area contributed by atoms with Crippen molar-refractivity contribution in [1.29, 1.82) is 0 Å². The second-order valence-electron chi connectivity index (χ2n) is 2.96. The van der Waals surface area contributed by atoms with Crippen molar-refractivity contribution < 1.29 is 13.9 Å². The number of anilines is 1. The van der Waals surface area contributed by atoms with E-state index in [0.717, 1.165) is 17.6 Å². The van der Waals surface area contributed by atoms with Gasteiger partial charge >= 0.3 is 5.97 Å². The van der Waals surface area contributed by atoms with Gasteiger partial charge in [0.15, 0.2) is 4.88 Å². The first-order chi connectivity index (χ1) is 7.66. The lowest BCUT2D eigenvalue weighted by atomic mass is 10.3. The second-order valence-corrected chi connectivity index (χ2v) is 3.76. The molecule has 0 radical (unpaired) electrons. The molecule has 0 aliphatic carbocycles. The van der Waals surface area contributed by atoms with E-state index in [1.807, 2.05) is 0 Å². The molecule has 2 N–H and O–H groups in total. The Morgan fingerprint density at radius 1 is 1.50 bits per heavy atom. The van der Waals surface area contributed by atoms with Gasteiger partial charge in [0.25, 0.3) is 0 Å². The summed E-state index contributed by atoms with van der Waals surface area (Å²) in [6, 6.07) is 5.32. The van der Waals surface area contributed by atoms with Crippen LogP contribution >= 0.6 is 11.5 Å². The Morgan fingerprint density at radius 2 is 2.31 bits per heavy atom. The van der Waals surface area contributed by atoms with Crippen LogP contribution in [-0.2, 0) is 0 Å². The molecule has 0 fully saturated rings. The maximum absolute atomic E-state index is 12.8. The van der Waals surface area contributed by atoms with Crippen LogP contribution in [0.2, 0.25) is 0 Å². The molecule has 0 saturated carbocycles. The highest BCUT2D eigenvalue weighted by atomic mass is 32.1. The van der Waals surface area contributed by atoms with E-state index in [9.17, 15) is 9.18 Å². The molecule has 1 aromatic heterocycles. The number of halogens is 1. The zero-order valence-electron chi connectivity index (χ0n) is 8.01. The maximum atomic E-state index is 12.8. The van der Waals surface area contributed by atoms with Crippen molar-refractivity contribution >= 4 is 23.2 Å². The maximum Gasteiger partial charge on any atom is 0.357 e. The van der Waals surface area contributed by atoms with Crippen LogP contribution in [0.15, 0.2) is 30.5 Å². The van der Waals surface area contributed by atoms with E-state index in [-0.39, 0.29) is 16.3 Å². The first-order valence-electron chi connectivity index (χ1n) is 4.34. The number of aromatic nitrogens is 1. The standard InChI is InChI=1S/C10H7FN2O2S/c11-6-2-1-3-7(4-6)15-10(14)9-8(12)5-13-16-9/h1-5H,12H2. The lowest BCUT2D eigenvalue weighted by Crippen LogP contribution is -2.08. The fourth-order valence-corrected chi connectivity index (χ4v) is 1.63. The number of carbonyl (C=O) groups is 1. The normalized spacial score (nSPS) is 10.1. The quantitative estimate of drug-likeness (QED) is 0.642. The van der Waals surface area contributed by atoms with Crippen molar-refractivity contribution in [2.24, 2.45) is 0 Å². The van der Waals surface area contributed by atoms with E-state index in [4.69, 9.17) is 10.5 Å². The SMILES string of the molecule is Nc1cnsc1C(=O)Oc1cccc(F)c1. The Labute approximate surface area is 94.6 Å². The smallest absolute Gasteiger partial charge is 0.357 e.